The summed E-state index contributed by atoms with van der Waals surface area (Å²) in [5.74, 6) is 1.96. The predicted molar refractivity (Wildman–Crippen MR) is 132 cm³/mol. The zero-order valence-corrected chi connectivity index (χ0v) is 20.3. The van der Waals surface area contributed by atoms with E-state index >= 15 is 0 Å². The van der Waals surface area contributed by atoms with Crippen molar-refractivity contribution in [3.8, 4) is 5.75 Å². The molecule has 2 aromatic rings. The molecule has 1 atom stereocenters. The number of anilines is 1. The SMILES string of the molecule is CCNC(=NCCc1ccc2c(c1)CCO2)NC1CCCN(c2cnn(C)c2)C1.I. The van der Waals surface area contributed by atoms with Gasteiger partial charge in [-0.25, -0.2) is 0 Å². The molecule has 0 saturated carbocycles. The molecule has 8 heteroatoms. The highest BCUT2D eigenvalue weighted by molar-refractivity contribution is 14.0. The van der Waals surface area contributed by atoms with Crippen molar-refractivity contribution in [3.63, 3.8) is 0 Å². The quantitative estimate of drug-likeness (QED) is 0.346. The second-order valence-electron chi connectivity index (χ2n) is 7.85. The van der Waals surface area contributed by atoms with Crippen LogP contribution in [-0.2, 0) is 19.9 Å². The molecule has 0 bridgehead atoms. The van der Waals surface area contributed by atoms with E-state index in [2.05, 4.69) is 52.0 Å². The fraction of sp³-hybridized carbons (Fsp3) is 0.545. The molecule has 7 nitrogen and oxygen atoms in total. The Morgan fingerprint density at radius 1 is 1.37 bits per heavy atom. The molecular formula is C22H33IN6O. The van der Waals surface area contributed by atoms with E-state index in [1.165, 1.54) is 23.2 Å². The maximum atomic E-state index is 5.60. The molecule has 1 aromatic heterocycles. The Hall–Kier alpha value is -1.97. The lowest BCUT2D eigenvalue weighted by molar-refractivity contribution is 0.357. The first-order chi connectivity index (χ1) is 14.2. The number of piperidine rings is 1. The maximum Gasteiger partial charge on any atom is 0.191 e. The second kappa shape index (κ2) is 10.9. The van der Waals surface area contributed by atoms with Crippen LogP contribution in [0.2, 0.25) is 0 Å². The smallest absolute Gasteiger partial charge is 0.191 e. The highest BCUT2D eigenvalue weighted by Crippen LogP contribution is 2.26. The fourth-order valence-corrected chi connectivity index (χ4v) is 4.11. The van der Waals surface area contributed by atoms with Crippen LogP contribution in [0, 0.1) is 0 Å². The molecule has 1 saturated heterocycles. The van der Waals surface area contributed by atoms with Gasteiger partial charge in [-0.15, -0.1) is 24.0 Å². The van der Waals surface area contributed by atoms with E-state index in [9.17, 15) is 0 Å². The topological polar surface area (TPSA) is 66.7 Å². The summed E-state index contributed by atoms with van der Waals surface area (Å²) < 4.78 is 7.46. The summed E-state index contributed by atoms with van der Waals surface area (Å²) in [6.07, 6.45) is 8.32. The number of aromatic nitrogens is 2. The molecule has 164 valence electrons. The molecule has 0 aliphatic carbocycles. The van der Waals surface area contributed by atoms with Gasteiger partial charge in [-0.3, -0.25) is 9.67 Å². The molecular weight excluding hydrogens is 491 g/mol. The van der Waals surface area contributed by atoms with Gasteiger partial charge < -0.3 is 20.3 Å². The summed E-state index contributed by atoms with van der Waals surface area (Å²) in [6, 6.07) is 6.91. The van der Waals surface area contributed by atoms with Crippen molar-refractivity contribution >= 4 is 35.6 Å². The number of guanidine groups is 1. The number of hydrogen-bond donors (Lipinski definition) is 2. The van der Waals surface area contributed by atoms with Crippen molar-refractivity contribution in [2.75, 3.05) is 37.7 Å². The summed E-state index contributed by atoms with van der Waals surface area (Å²) in [5, 5.41) is 11.4. The van der Waals surface area contributed by atoms with Crippen LogP contribution in [0.25, 0.3) is 0 Å². The Kier molecular flexibility index (Phi) is 8.24. The summed E-state index contributed by atoms with van der Waals surface area (Å²) >= 11 is 0. The molecule has 4 rings (SSSR count). The van der Waals surface area contributed by atoms with Crippen LogP contribution < -0.4 is 20.3 Å². The monoisotopic (exact) mass is 524 g/mol. The van der Waals surface area contributed by atoms with Crippen LogP contribution in [0.5, 0.6) is 5.75 Å². The number of fused-ring (bicyclic) bond motifs is 1. The number of nitrogens with zero attached hydrogens (tertiary/aromatic N) is 4. The van der Waals surface area contributed by atoms with Crippen molar-refractivity contribution in [2.45, 2.75) is 38.6 Å². The van der Waals surface area contributed by atoms with Gasteiger partial charge in [-0.2, -0.15) is 5.10 Å². The number of ether oxygens (including phenoxy) is 1. The van der Waals surface area contributed by atoms with E-state index in [4.69, 9.17) is 9.73 Å². The fourth-order valence-electron chi connectivity index (χ4n) is 4.11. The minimum Gasteiger partial charge on any atom is -0.493 e. The first-order valence-corrected chi connectivity index (χ1v) is 10.7. The highest BCUT2D eigenvalue weighted by Gasteiger charge is 2.21. The van der Waals surface area contributed by atoms with Crippen molar-refractivity contribution in [3.05, 3.63) is 41.7 Å². The van der Waals surface area contributed by atoms with E-state index in [0.717, 1.165) is 63.8 Å². The van der Waals surface area contributed by atoms with Gasteiger partial charge in [-0.1, -0.05) is 12.1 Å². The third-order valence-electron chi connectivity index (χ3n) is 5.59. The van der Waals surface area contributed by atoms with Gasteiger partial charge in [0.1, 0.15) is 5.75 Å². The van der Waals surface area contributed by atoms with Gasteiger partial charge in [0.2, 0.25) is 0 Å². The van der Waals surface area contributed by atoms with Gasteiger partial charge in [0, 0.05) is 51.9 Å². The summed E-state index contributed by atoms with van der Waals surface area (Å²) in [6.45, 7) is 6.61. The lowest BCUT2D eigenvalue weighted by Gasteiger charge is -2.34. The zero-order chi connectivity index (χ0) is 20.1. The first-order valence-electron chi connectivity index (χ1n) is 10.7. The summed E-state index contributed by atoms with van der Waals surface area (Å²) in [4.78, 5) is 7.23. The number of benzene rings is 1. The van der Waals surface area contributed by atoms with E-state index in [1.54, 1.807) is 0 Å². The van der Waals surface area contributed by atoms with E-state index in [1.807, 2.05) is 17.9 Å². The van der Waals surface area contributed by atoms with E-state index < -0.39 is 0 Å². The zero-order valence-electron chi connectivity index (χ0n) is 17.9. The molecule has 1 aromatic carbocycles. The van der Waals surface area contributed by atoms with Crippen molar-refractivity contribution in [1.82, 2.24) is 20.4 Å². The van der Waals surface area contributed by atoms with Crippen LogP contribution in [0.15, 0.2) is 35.6 Å². The summed E-state index contributed by atoms with van der Waals surface area (Å²) in [5.41, 5.74) is 3.85. The number of halogens is 1. The predicted octanol–water partition coefficient (Wildman–Crippen LogP) is 2.74. The second-order valence-corrected chi connectivity index (χ2v) is 7.85. The minimum absolute atomic E-state index is 0. The minimum atomic E-state index is 0. The lowest BCUT2D eigenvalue weighted by Crippen LogP contribution is -2.51. The van der Waals surface area contributed by atoms with Gasteiger partial charge in [-0.05, 0) is 43.4 Å². The average molecular weight is 524 g/mol. The Labute approximate surface area is 196 Å². The first kappa shape index (κ1) is 22.7. The Balaban J connectivity index is 0.00000256. The molecule has 2 N–H and O–H groups in total. The van der Waals surface area contributed by atoms with Crippen LogP contribution in [0.4, 0.5) is 5.69 Å². The van der Waals surface area contributed by atoms with Gasteiger partial charge in [0.05, 0.1) is 18.5 Å². The largest absolute Gasteiger partial charge is 0.493 e. The van der Waals surface area contributed by atoms with Crippen molar-refractivity contribution < 1.29 is 4.74 Å². The average Bonchev–Trinajstić information content (AvgIpc) is 3.37. The molecule has 30 heavy (non-hydrogen) atoms. The highest BCUT2D eigenvalue weighted by atomic mass is 127. The molecule has 1 unspecified atom stereocenters. The number of rotatable bonds is 6. The van der Waals surface area contributed by atoms with Gasteiger partial charge in [0.25, 0.3) is 0 Å². The van der Waals surface area contributed by atoms with Crippen LogP contribution >= 0.6 is 24.0 Å². The third-order valence-corrected chi connectivity index (χ3v) is 5.59. The molecule has 1 fully saturated rings. The molecule has 0 amide bonds. The van der Waals surface area contributed by atoms with E-state index in [0.29, 0.717) is 6.04 Å². The van der Waals surface area contributed by atoms with Gasteiger partial charge >= 0.3 is 0 Å². The third kappa shape index (κ3) is 5.80. The Bertz CT molecular complexity index is 852. The van der Waals surface area contributed by atoms with Crippen molar-refractivity contribution in [2.24, 2.45) is 12.0 Å². The Morgan fingerprint density at radius 2 is 2.27 bits per heavy atom. The molecule has 2 aliphatic rings. The molecule has 3 heterocycles. The number of hydrogen-bond acceptors (Lipinski definition) is 4. The maximum absolute atomic E-state index is 5.60. The normalized spacial score (nSPS) is 18.4. The number of nitrogens with one attached hydrogen (secondary N) is 2. The van der Waals surface area contributed by atoms with Crippen LogP contribution in [-0.4, -0.2) is 54.6 Å². The molecule has 2 aliphatic heterocycles. The van der Waals surface area contributed by atoms with E-state index in [-0.39, 0.29) is 24.0 Å². The van der Waals surface area contributed by atoms with Crippen LogP contribution in [0.1, 0.15) is 30.9 Å². The van der Waals surface area contributed by atoms with Crippen molar-refractivity contribution in [1.29, 1.82) is 0 Å². The van der Waals surface area contributed by atoms with Crippen LogP contribution in [0.3, 0.4) is 0 Å². The standard InChI is InChI=1S/C22H32N6O.HI/c1-3-23-22(24-10-8-17-6-7-21-18(13-17)9-12-29-21)26-19-5-4-11-28(15-19)20-14-25-27(2)16-20;/h6-7,13-14,16,19H,3-5,8-12,15H2,1-2H3,(H2,23,24,26);1H. The number of aryl methyl sites for hydroxylation is 1. The number of aliphatic imine (C=N–C) groups is 1. The Morgan fingerprint density at radius 3 is 3.07 bits per heavy atom. The molecule has 0 spiro atoms. The lowest BCUT2D eigenvalue weighted by atomic mass is 10.1. The van der Waals surface area contributed by atoms with Gasteiger partial charge in [0.15, 0.2) is 5.96 Å². The molecule has 0 radical (unpaired) electrons. The summed E-state index contributed by atoms with van der Waals surface area (Å²) in [7, 11) is 1.97.